The van der Waals surface area contributed by atoms with Gasteiger partial charge in [0.15, 0.2) is 12.4 Å². The topological polar surface area (TPSA) is 105 Å². The number of methoxy groups -OCH3 is 1. The quantitative estimate of drug-likeness (QED) is 0.664. The number of carbonyl (C=O) groups is 1. The van der Waals surface area contributed by atoms with E-state index < -0.39 is 43.3 Å². The van der Waals surface area contributed by atoms with E-state index in [4.69, 9.17) is 25.8 Å². The molecule has 0 amide bonds. The molecule has 0 saturated carbocycles. The summed E-state index contributed by atoms with van der Waals surface area (Å²) < 4.78 is 15.2. The van der Waals surface area contributed by atoms with Crippen molar-refractivity contribution in [2.24, 2.45) is 0 Å². The molecule has 7 nitrogen and oxygen atoms in total. The van der Waals surface area contributed by atoms with Gasteiger partial charge in [-0.1, -0.05) is 11.6 Å². The van der Waals surface area contributed by atoms with Crippen LogP contribution in [0, 0.1) is 0 Å². The van der Waals surface area contributed by atoms with Crippen molar-refractivity contribution in [3.63, 3.8) is 0 Å². The minimum Gasteiger partial charge on any atom is -0.453 e. The van der Waals surface area contributed by atoms with Crippen molar-refractivity contribution >= 4 is 17.6 Å². The maximum atomic E-state index is 12.1. The number of aliphatic hydroxyl groups is 3. The van der Waals surface area contributed by atoms with Crippen LogP contribution >= 0.6 is 11.6 Å². The van der Waals surface area contributed by atoms with Crippen LogP contribution in [0.4, 0.5) is 0 Å². The number of carbonyl (C=O) groups excluding carboxylic acids is 1. The molecule has 0 bridgehead atoms. The molecule has 0 unspecified atom stereocenters. The fourth-order valence-electron chi connectivity index (χ4n) is 2.16. The van der Waals surface area contributed by atoms with Crippen LogP contribution in [0.15, 0.2) is 24.3 Å². The molecular formula is C14H17ClO7. The zero-order valence-electron chi connectivity index (χ0n) is 11.8. The van der Waals surface area contributed by atoms with E-state index in [-0.39, 0.29) is 5.56 Å². The zero-order valence-corrected chi connectivity index (χ0v) is 12.5. The third-order valence-corrected chi connectivity index (χ3v) is 3.63. The predicted octanol–water partition coefficient (Wildman–Crippen LogP) is -0.0492. The first-order chi connectivity index (χ1) is 10.5. The van der Waals surface area contributed by atoms with Gasteiger partial charge in [0, 0.05) is 12.1 Å². The first-order valence-corrected chi connectivity index (χ1v) is 6.97. The highest BCUT2D eigenvalue weighted by Gasteiger charge is 2.46. The van der Waals surface area contributed by atoms with Crippen LogP contribution in [-0.4, -0.2) is 65.7 Å². The second-order valence-corrected chi connectivity index (χ2v) is 5.26. The summed E-state index contributed by atoms with van der Waals surface area (Å²) in [5.74, 6) is -0.742. The first-order valence-electron chi connectivity index (χ1n) is 6.59. The number of rotatable bonds is 4. The molecule has 2 rings (SSSR count). The molecule has 1 aromatic rings. The standard InChI is InChI=1S/C14H17ClO7/c1-20-14-11(18)12(10(17)9(6-16)21-14)22-13(19)7-2-4-8(15)5-3-7/h2-5,9-12,14,16-18H,6H2,1H3/t9-,10-,11-,12+,14+/m1/s1. The lowest BCUT2D eigenvalue weighted by atomic mass is 9.99. The van der Waals surface area contributed by atoms with Gasteiger partial charge in [0.2, 0.25) is 0 Å². The summed E-state index contributed by atoms with van der Waals surface area (Å²) in [5.41, 5.74) is 0.213. The fourth-order valence-corrected chi connectivity index (χ4v) is 2.29. The Morgan fingerprint density at radius 1 is 1.27 bits per heavy atom. The Bertz CT molecular complexity index is 490. The van der Waals surface area contributed by atoms with Crippen LogP contribution < -0.4 is 0 Å². The van der Waals surface area contributed by atoms with E-state index in [1.807, 2.05) is 0 Å². The Balaban J connectivity index is 2.14. The molecule has 22 heavy (non-hydrogen) atoms. The Kier molecular flexibility index (Phi) is 5.74. The highest BCUT2D eigenvalue weighted by atomic mass is 35.5. The fraction of sp³-hybridized carbons (Fsp3) is 0.500. The minimum absolute atomic E-state index is 0.213. The highest BCUT2D eigenvalue weighted by Crippen LogP contribution is 2.25. The van der Waals surface area contributed by atoms with Crippen molar-refractivity contribution in [2.45, 2.75) is 30.7 Å². The molecule has 5 atom stereocenters. The summed E-state index contributed by atoms with van der Waals surface area (Å²) in [6, 6.07) is 5.95. The van der Waals surface area contributed by atoms with Crippen molar-refractivity contribution in [1.82, 2.24) is 0 Å². The lowest BCUT2D eigenvalue weighted by molar-refractivity contribution is -0.293. The van der Waals surface area contributed by atoms with E-state index in [1.54, 1.807) is 0 Å². The van der Waals surface area contributed by atoms with Crippen molar-refractivity contribution < 1.29 is 34.3 Å². The van der Waals surface area contributed by atoms with Crippen LogP contribution in [0.5, 0.6) is 0 Å². The summed E-state index contributed by atoms with van der Waals surface area (Å²) >= 11 is 5.74. The largest absolute Gasteiger partial charge is 0.453 e. The van der Waals surface area contributed by atoms with Gasteiger partial charge in [-0.05, 0) is 24.3 Å². The van der Waals surface area contributed by atoms with E-state index in [1.165, 1.54) is 31.4 Å². The maximum Gasteiger partial charge on any atom is 0.338 e. The Labute approximate surface area is 132 Å². The lowest BCUT2D eigenvalue weighted by Gasteiger charge is -2.40. The molecule has 1 saturated heterocycles. The molecule has 1 aromatic carbocycles. The van der Waals surface area contributed by atoms with Crippen LogP contribution in [0.2, 0.25) is 5.02 Å². The molecular weight excluding hydrogens is 316 g/mol. The highest BCUT2D eigenvalue weighted by molar-refractivity contribution is 6.30. The van der Waals surface area contributed by atoms with E-state index >= 15 is 0 Å². The number of esters is 1. The van der Waals surface area contributed by atoms with Gasteiger partial charge in [-0.3, -0.25) is 0 Å². The molecule has 8 heteroatoms. The Hall–Kier alpha value is -1.22. The lowest BCUT2D eigenvalue weighted by Crippen LogP contribution is -2.60. The van der Waals surface area contributed by atoms with Gasteiger partial charge < -0.3 is 29.5 Å². The number of hydrogen-bond donors (Lipinski definition) is 3. The summed E-state index contributed by atoms with van der Waals surface area (Å²) in [5, 5.41) is 29.8. The van der Waals surface area contributed by atoms with Gasteiger partial charge in [0.1, 0.15) is 18.3 Å². The van der Waals surface area contributed by atoms with Gasteiger partial charge in [-0.25, -0.2) is 4.79 Å². The van der Waals surface area contributed by atoms with Crippen LogP contribution in [0.25, 0.3) is 0 Å². The van der Waals surface area contributed by atoms with Gasteiger partial charge in [-0.2, -0.15) is 0 Å². The van der Waals surface area contributed by atoms with Crippen LogP contribution in [0.1, 0.15) is 10.4 Å². The van der Waals surface area contributed by atoms with E-state index in [0.29, 0.717) is 5.02 Å². The molecule has 0 aliphatic carbocycles. The summed E-state index contributed by atoms with van der Waals surface area (Å²) in [6.45, 7) is -0.511. The van der Waals surface area contributed by atoms with Gasteiger partial charge in [0.25, 0.3) is 0 Å². The second kappa shape index (κ2) is 7.36. The molecule has 122 valence electrons. The maximum absolute atomic E-state index is 12.1. The van der Waals surface area contributed by atoms with Crippen molar-refractivity contribution in [1.29, 1.82) is 0 Å². The summed E-state index contributed by atoms with van der Waals surface area (Å²) in [4.78, 5) is 12.1. The number of aliphatic hydroxyl groups excluding tert-OH is 3. The third kappa shape index (κ3) is 3.57. The average molecular weight is 333 g/mol. The molecule has 1 heterocycles. The average Bonchev–Trinajstić information content (AvgIpc) is 2.52. The monoisotopic (exact) mass is 332 g/mol. The molecule has 1 fully saturated rings. The van der Waals surface area contributed by atoms with Crippen molar-refractivity contribution in [2.75, 3.05) is 13.7 Å². The van der Waals surface area contributed by atoms with Crippen LogP contribution in [0.3, 0.4) is 0 Å². The Morgan fingerprint density at radius 3 is 2.45 bits per heavy atom. The molecule has 0 radical (unpaired) electrons. The Morgan fingerprint density at radius 2 is 1.91 bits per heavy atom. The SMILES string of the molecule is CO[C@H]1O[C@H](CO)[C@@H](O)[C@H](OC(=O)c2ccc(Cl)cc2)[C@H]1O. The van der Waals surface area contributed by atoms with E-state index in [0.717, 1.165) is 0 Å². The third-order valence-electron chi connectivity index (χ3n) is 3.38. The second-order valence-electron chi connectivity index (χ2n) is 4.82. The molecule has 3 N–H and O–H groups in total. The predicted molar refractivity (Wildman–Crippen MR) is 75.4 cm³/mol. The summed E-state index contributed by atoms with van der Waals surface area (Å²) in [6.07, 6.45) is -6.22. The minimum atomic E-state index is -1.39. The van der Waals surface area contributed by atoms with Gasteiger partial charge >= 0.3 is 5.97 Å². The zero-order chi connectivity index (χ0) is 16.3. The van der Waals surface area contributed by atoms with Crippen LogP contribution in [-0.2, 0) is 14.2 Å². The normalized spacial score (nSPS) is 31.8. The van der Waals surface area contributed by atoms with E-state index in [2.05, 4.69) is 0 Å². The number of ether oxygens (including phenoxy) is 3. The number of benzene rings is 1. The van der Waals surface area contributed by atoms with E-state index in [9.17, 15) is 20.1 Å². The molecule has 1 aliphatic rings. The summed E-state index contributed by atoms with van der Waals surface area (Å²) in [7, 11) is 1.29. The molecule has 0 aromatic heterocycles. The van der Waals surface area contributed by atoms with Gasteiger partial charge in [0.05, 0.1) is 12.2 Å². The molecule has 1 aliphatic heterocycles. The number of hydrogen-bond acceptors (Lipinski definition) is 7. The first kappa shape index (κ1) is 17.1. The van der Waals surface area contributed by atoms with Crippen molar-refractivity contribution in [3.05, 3.63) is 34.9 Å². The number of halogens is 1. The van der Waals surface area contributed by atoms with Crippen molar-refractivity contribution in [3.8, 4) is 0 Å². The smallest absolute Gasteiger partial charge is 0.338 e. The molecule has 0 spiro atoms. The van der Waals surface area contributed by atoms with Gasteiger partial charge in [-0.15, -0.1) is 0 Å².